The molecule has 0 unspecified atom stereocenters. The van der Waals surface area contributed by atoms with Crippen LogP contribution in [0.4, 0.5) is 0 Å². The van der Waals surface area contributed by atoms with E-state index in [4.69, 9.17) is 4.74 Å². The normalized spacial score (nSPS) is 23.4. The van der Waals surface area contributed by atoms with Gasteiger partial charge < -0.3 is 9.72 Å². The Hall–Kier alpha value is -1.84. The second kappa shape index (κ2) is 4.99. The number of esters is 1. The van der Waals surface area contributed by atoms with Crippen LogP contribution in [0.15, 0.2) is 30.5 Å². The number of allylic oxidation sites excluding steroid dienone is 2. The number of aromatic nitrogens is 1. The van der Waals surface area contributed by atoms with Crippen LogP contribution in [0.3, 0.4) is 0 Å². The van der Waals surface area contributed by atoms with E-state index in [1.165, 1.54) is 7.11 Å². The number of ether oxygens (including phenoxy) is 1. The van der Waals surface area contributed by atoms with Gasteiger partial charge in [0.15, 0.2) is 5.78 Å². The number of carbonyl (C=O) groups excluding carboxylic acids is 2. The highest BCUT2D eigenvalue weighted by Gasteiger charge is 2.35. The van der Waals surface area contributed by atoms with Crippen LogP contribution in [0.25, 0.3) is 0 Å². The molecule has 0 saturated carbocycles. The van der Waals surface area contributed by atoms with E-state index < -0.39 is 0 Å². The molecule has 1 aliphatic rings. The van der Waals surface area contributed by atoms with Crippen LogP contribution in [-0.4, -0.2) is 23.8 Å². The Balaban J connectivity index is 2.20. The number of hydrogen-bond donors (Lipinski definition) is 1. The van der Waals surface area contributed by atoms with Crippen molar-refractivity contribution in [2.75, 3.05) is 7.11 Å². The SMILES string of the molecule is COC(=O)[C@H]1CC=CC[C@H]1C(=O)c1ccc[nH]1. The fourth-order valence-electron chi connectivity index (χ4n) is 2.20. The predicted molar refractivity (Wildman–Crippen MR) is 62.5 cm³/mol. The summed E-state index contributed by atoms with van der Waals surface area (Å²) in [5.74, 6) is -0.999. The van der Waals surface area contributed by atoms with Crippen LogP contribution < -0.4 is 0 Å². The van der Waals surface area contributed by atoms with Crippen LogP contribution in [0.2, 0.25) is 0 Å². The van der Waals surface area contributed by atoms with Crippen molar-refractivity contribution in [2.24, 2.45) is 11.8 Å². The van der Waals surface area contributed by atoms with Gasteiger partial charge in [-0.25, -0.2) is 0 Å². The Bertz CT molecular complexity index is 434. The van der Waals surface area contributed by atoms with Crippen LogP contribution in [0, 0.1) is 11.8 Å². The number of hydrogen-bond acceptors (Lipinski definition) is 3. The van der Waals surface area contributed by atoms with E-state index in [1.807, 2.05) is 12.2 Å². The molecule has 0 fully saturated rings. The van der Waals surface area contributed by atoms with Crippen molar-refractivity contribution in [3.05, 3.63) is 36.2 Å². The third-order valence-electron chi connectivity index (χ3n) is 3.14. The van der Waals surface area contributed by atoms with E-state index in [1.54, 1.807) is 18.3 Å². The molecule has 0 spiro atoms. The number of nitrogens with one attached hydrogen (secondary N) is 1. The lowest BCUT2D eigenvalue weighted by molar-refractivity contribution is -0.146. The minimum absolute atomic E-state index is 0.0187. The van der Waals surface area contributed by atoms with Crippen molar-refractivity contribution in [3.63, 3.8) is 0 Å². The molecule has 1 aromatic rings. The molecule has 0 radical (unpaired) electrons. The lowest BCUT2D eigenvalue weighted by Gasteiger charge is -2.24. The van der Waals surface area contributed by atoms with Gasteiger partial charge in [0.25, 0.3) is 0 Å². The van der Waals surface area contributed by atoms with Crippen molar-refractivity contribution >= 4 is 11.8 Å². The highest BCUT2D eigenvalue weighted by atomic mass is 16.5. The van der Waals surface area contributed by atoms with E-state index in [2.05, 4.69) is 4.98 Å². The predicted octanol–water partition coefficient (Wildman–Crippen LogP) is 1.95. The van der Waals surface area contributed by atoms with Gasteiger partial charge in [-0.3, -0.25) is 9.59 Å². The van der Waals surface area contributed by atoms with Crippen molar-refractivity contribution in [1.82, 2.24) is 4.98 Å². The molecule has 0 saturated heterocycles. The Labute approximate surface area is 99.7 Å². The molecule has 0 bridgehead atoms. The standard InChI is InChI=1S/C13H15NO3/c1-17-13(16)10-6-3-2-5-9(10)12(15)11-7-4-8-14-11/h2-4,7-10,14H,5-6H2,1H3/t9-,10+/m1/s1. The van der Waals surface area contributed by atoms with E-state index in [0.717, 1.165) is 0 Å². The van der Waals surface area contributed by atoms with Gasteiger partial charge in [0.05, 0.1) is 18.7 Å². The molecule has 1 aliphatic carbocycles. The van der Waals surface area contributed by atoms with E-state index in [9.17, 15) is 9.59 Å². The Kier molecular flexibility index (Phi) is 3.42. The number of Topliss-reactive ketones (excluding diaryl/α,β-unsaturated/α-hetero) is 1. The summed E-state index contributed by atoms with van der Waals surface area (Å²) in [4.78, 5) is 26.7. The Morgan fingerprint density at radius 2 is 2.00 bits per heavy atom. The largest absolute Gasteiger partial charge is 0.469 e. The second-order valence-corrected chi connectivity index (χ2v) is 4.13. The fourth-order valence-corrected chi connectivity index (χ4v) is 2.20. The Morgan fingerprint density at radius 1 is 1.29 bits per heavy atom. The van der Waals surface area contributed by atoms with Gasteiger partial charge >= 0.3 is 5.97 Å². The number of aromatic amines is 1. The van der Waals surface area contributed by atoms with Crippen LogP contribution in [-0.2, 0) is 9.53 Å². The topological polar surface area (TPSA) is 59.2 Å². The first kappa shape index (κ1) is 11.6. The van der Waals surface area contributed by atoms with E-state index in [-0.39, 0.29) is 23.6 Å². The average Bonchev–Trinajstić information content (AvgIpc) is 2.91. The third-order valence-corrected chi connectivity index (χ3v) is 3.14. The Morgan fingerprint density at radius 3 is 2.59 bits per heavy atom. The maximum atomic E-state index is 12.2. The summed E-state index contributed by atoms with van der Waals surface area (Å²) in [7, 11) is 1.36. The first-order valence-corrected chi connectivity index (χ1v) is 5.64. The van der Waals surface area contributed by atoms with Crippen molar-refractivity contribution in [2.45, 2.75) is 12.8 Å². The van der Waals surface area contributed by atoms with Gasteiger partial charge in [0.1, 0.15) is 0 Å². The van der Waals surface area contributed by atoms with Crippen molar-refractivity contribution in [1.29, 1.82) is 0 Å². The highest BCUT2D eigenvalue weighted by molar-refractivity contribution is 5.98. The summed E-state index contributed by atoms with van der Waals surface area (Å²) in [6, 6.07) is 3.51. The summed E-state index contributed by atoms with van der Waals surface area (Å²) in [5.41, 5.74) is 0.555. The number of carbonyl (C=O) groups is 2. The molecule has 17 heavy (non-hydrogen) atoms. The van der Waals surface area contributed by atoms with Gasteiger partial charge in [0.2, 0.25) is 0 Å². The molecular formula is C13H15NO3. The molecule has 4 nitrogen and oxygen atoms in total. The van der Waals surface area contributed by atoms with Gasteiger partial charge in [-0.1, -0.05) is 12.2 Å². The maximum absolute atomic E-state index is 12.2. The van der Waals surface area contributed by atoms with Gasteiger partial charge in [-0.05, 0) is 25.0 Å². The van der Waals surface area contributed by atoms with Crippen LogP contribution in [0.5, 0.6) is 0 Å². The molecule has 2 atom stereocenters. The first-order chi connectivity index (χ1) is 8.24. The average molecular weight is 233 g/mol. The fraction of sp³-hybridized carbons (Fsp3) is 0.385. The highest BCUT2D eigenvalue weighted by Crippen LogP contribution is 2.29. The zero-order valence-electron chi connectivity index (χ0n) is 9.68. The van der Waals surface area contributed by atoms with Crippen LogP contribution >= 0.6 is 0 Å². The minimum Gasteiger partial charge on any atom is -0.469 e. The van der Waals surface area contributed by atoms with Crippen LogP contribution in [0.1, 0.15) is 23.3 Å². The van der Waals surface area contributed by atoms with E-state index in [0.29, 0.717) is 18.5 Å². The lowest BCUT2D eigenvalue weighted by Crippen LogP contribution is -2.32. The number of rotatable bonds is 3. The summed E-state index contributed by atoms with van der Waals surface area (Å²) < 4.78 is 4.75. The monoisotopic (exact) mass is 233 g/mol. The van der Waals surface area contributed by atoms with Gasteiger partial charge in [-0.2, -0.15) is 0 Å². The zero-order valence-corrected chi connectivity index (χ0v) is 9.68. The maximum Gasteiger partial charge on any atom is 0.309 e. The second-order valence-electron chi connectivity index (χ2n) is 4.13. The third kappa shape index (κ3) is 2.30. The smallest absolute Gasteiger partial charge is 0.309 e. The van der Waals surface area contributed by atoms with E-state index >= 15 is 0 Å². The molecule has 90 valence electrons. The molecule has 1 heterocycles. The number of methoxy groups -OCH3 is 1. The summed E-state index contributed by atoms with van der Waals surface area (Å²) in [6.45, 7) is 0. The minimum atomic E-state index is -0.360. The molecule has 4 heteroatoms. The lowest BCUT2D eigenvalue weighted by atomic mass is 9.79. The zero-order chi connectivity index (χ0) is 12.3. The molecule has 0 amide bonds. The van der Waals surface area contributed by atoms with Gasteiger partial charge in [-0.15, -0.1) is 0 Å². The molecule has 1 N–H and O–H groups in total. The number of H-pyrrole nitrogens is 1. The summed E-state index contributed by atoms with van der Waals surface area (Å²) in [5, 5.41) is 0. The first-order valence-electron chi connectivity index (χ1n) is 5.64. The molecule has 2 rings (SSSR count). The summed E-state index contributed by atoms with van der Waals surface area (Å²) in [6.07, 6.45) is 6.76. The summed E-state index contributed by atoms with van der Waals surface area (Å²) >= 11 is 0. The molecular weight excluding hydrogens is 218 g/mol. The van der Waals surface area contributed by atoms with Gasteiger partial charge in [0, 0.05) is 12.1 Å². The quantitative estimate of drug-likeness (QED) is 0.493. The molecule has 0 aromatic carbocycles. The van der Waals surface area contributed by atoms with Crippen molar-refractivity contribution < 1.29 is 14.3 Å². The molecule has 0 aliphatic heterocycles. The van der Waals surface area contributed by atoms with Crippen molar-refractivity contribution in [3.8, 4) is 0 Å². The number of ketones is 1. The molecule has 1 aromatic heterocycles.